The second-order valence-electron chi connectivity index (χ2n) is 11.6. The first kappa shape index (κ1) is 25.0. The van der Waals surface area contributed by atoms with Gasteiger partial charge in [0.1, 0.15) is 0 Å². The minimum atomic E-state index is 0.0504. The van der Waals surface area contributed by atoms with Gasteiger partial charge in [-0.25, -0.2) is 9.97 Å². The number of hydrogen-bond donors (Lipinski definition) is 0. The number of rotatable bonds is 4. The zero-order valence-corrected chi connectivity index (χ0v) is 23.5. The van der Waals surface area contributed by atoms with Gasteiger partial charge in [0.2, 0.25) is 0 Å². The quantitative estimate of drug-likeness (QED) is 0.227. The van der Waals surface area contributed by atoms with Crippen molar-refractivity contribution in [3.8, 4) is 39.6 Å². The van der Waals surface area contributed by atoms with Crippen LogP contribution in [-0.2, 0) is 5.41 Å². The summed E-state index contributed by atoms with van der Waals surface area (Å²) in [6.45, 7) is 6.81. The van der Waals surface area contributed by atoms with Gasteiger partial charge in [-0.1, -0.05) is 112 Å². The normalized spacial score (nSPS) is 11.8. The Balaban J connectivity index is 1.49. The fourth-order valence-electron chi connectivity index (χ4n) is 5.57. The third-order valence-electron chi connectivity index (χ3n) is 7.77. The largest absolute Gasteiger partial charge is 0.309 e. The third-order valence-corrected chi connectivity index (χ3v) is 7.77. The number of nitrogens with zero attached hydrogens (tertiary/aromatic N) is 3. The first-order valence-corrected chi connectivity index (χ1v) is 14.1. The second kappa shape index (κ2) is 9.87. The SMILES string of the molecule is CC(C)(C)c1ccc2c(c1)c1cc(-c3cc(-c4ccccc4)nc(-c4ccccc4)n3)ccc1n2-c1ccccc1. The highest BCUT2D eigenvalue weighted by atomic mass is 15.0. The van der Waals surface area contributed by atoms with Crippen molar-refractivity contribution in [1.29, 1.82) is 0 Å². The van der Waals surface area contributed by atoms with Crippen molar-refractivity contribution in [2.45, 2.75) is 26.2 Å². The molecule has 0 saturated heterocycles. The lowest BCUT2D eigenvalue weighted by atomic mass is 9.86. The van der Waals surface area contributed by atoms with Crippen LogP contribution in [0.2, 0.25) is 0 Å². The summed E-state index contributed by atoms with van der Waals surface area (Å²) in [7, 11) is 0. The Labute approximate surface area is 240 Å². The predicted molar refractivity (Wildman–Crippen MR) is 171 cm³/mol. The Morgan fingerprint density at radius 2 is 1.02 bits per heavy atom. The summed E-state index contributed by atoms with van der Waals surface area (Å²) in [6.07, 6.45) is 0. The first-order chi connectivity index (χ1) is 20.0. The Morgan fingerprint density at radius 3 is 1.66 bits per heavy atom. The van der Waals surface area contributed by atoms with Gasteiger partial charge in [-0.15, -0.1) is 0 Å². The standard InChI is InChI=1S/C38H31N3/c1-38(2,3)29-20-22-36-32(24-29)31-23-28(19-21-35(31)41(36)30-17-11-6-12-18-30)34-25-33(26-13-7-4-8-14-26)39-37(40-34)27-15-9-5-10-16-27/h4-25H,1-3H3. The van der Waals surface area contributed by atoms with Crippen molar-refractivity contribution < 1.29 is 0 Å². The molecule has 0 N–H and O–H groups in total. The zero-order valence-electron chi connectivity index (χ0n) is 23.5. The van der Waals surface area contributed by atoms with E-state index < -0.39 is 0 Å². The Hall–Kier alpha value is -5.02. The van der Waals surface area contributed by atoms with Gasteiger partial charge in [-0.2, -0.15) is 0 Å². The van der Waals surface area contributed by atoms with Gasteiger partial charge >= 0.3 is 0 Å². The van der Waals surface area contributed by atoms with Crippen molar-refractivity contribution in [2.24, 2.45) is 0 Å². The van der Waals surface area contributed by atoms with E-state index in [1.165, 1.54) is 27.4 Å². The highest BCUT2D eigenvalue weighted by Crippen LogP contribution is 2.37. The minimum Gasteiger partial charge on any atom is -0.309 e. The molecule has 0 bridgehead atoms. The average molecular weight is 530 g/mol. The number of fused-ring (bicyclic) bond motifs is 3. The molecule has 198 valence electrons. The van der Waals surface area contributed by atoms with E-state index in [2.05, 4.69) is 135 Å². The van der Waals surface area contributed by atoms with Gasteiger partial charge < -0.3 is 4.57 Å². The predicted octanol–water partition coefficient (Wildman–Crippen LogP) is 9.87. The van der Waals surface area contributed by atoms with Crippen LogP contribution in [-0.4, -0.2) is 14.5 Å². The summed E-state index contributed by atoms with van der Waals surface area (Å²) < 4.78 is 2.37. The fourth-order valence-corrected chi connectivity index (χ4v) is 5.57. The van der Waals surface area contributed by atoms with Crippen LogP contribution in [0.4, 0.5) is 0 Å². The van der Waals surface area contributed by atoms with E-state index in [1.807, 2.05) is 24.3 Å². The lowest BCUT2D eigenvalue weighted by Crippen LogP contribution is -2.10. The summed E-state index contributed by atoms with van der Waals surface area (Å²) in [4.78, 5) is 10.1. The van der Waals surface area contributed by atoms with Crippen molar-refractivity contribution in [3.05, 3.63) is 139 Å². The number of aromatic nitrogens is 3. The van der Waals surface area contributed by atoms with Crippen LogP contribution in [0.25, 0.3) is 61.4 Å². The van der Waals surface area contributed by atoms with E-state index >= 15 is 0 Å². The Kier molecular flexibility index (Phi) is 6.01. The van der Waals surface area contributed by atoms with Gasteiger partial charge in [0.25, 0.3) is 0 Å². The smallest absolute Gasteiger partial charge is 0.160 e. The molecule has 0 saturated carbocycles. The molecule has 0 fully saturated rings. The van der Waals surface area contributed by atoms with Gasteiger partial charge in [0.15, 0.2) is 5.82 Å². The molecule has 2 heterocycles. The molecule has 41 heavy (non-hydrogen) atoms. The number of para-hydroxylation sites is 1. The van der Waals surface area contributed by atoms with Crippen molar-refractivity contribution in [2.75, 3.05) is 0 Å². The summed E-state index contributed by atoms with van der Waals surface area (Å²) in [6, 6.07) is 46.9. The maximum Gasteiger partial charge on any atom is 0.160 e. The molecular weight excluding hydrogens is 498 g/mol. The Bertz CT molecular complexity index is 1940. The topological polar surface area (TPSA) is 30.7 Å². The Morgan fingerprint density at radius 1 is 0.488 bits per heavy atom. The molecule has 0 atom stereocenters. The summed E-state index contributed by atoms with van der Waals surface area (Å²) in [5.74, 6) is 0.726. The highest BCUT2D eigenvalue weighted by Gasteiger charge is 2.19. The molecule has 7 aromatic rings. The molecule has 0 radical (unpaired) electrons. The second-order valence-corrected chi connectivity index (χ2v) is 11.6. The summed E-state index contributed by atoms with van der Waals surface area (Å²) in [5, 5.41) is 2.47. The molecule has 3 heteroatoms. The van der Waals surface area contributed by atoms with Gasteiger partial charge in [-0.3, -0.25) is 0 Å². The van der Waals surface area contributed by atoms with E-state index in [-0.39, 0.29) is 5.41 Å². The summed E-state index contributed by atoms with van der Waals surface area (Å²) in [5.41, 5.74) is 9.88. The molecule has 0 unspecified atom stereocenters. The first-order valence-electron chi connectivity index (χ1n) is 14.1. The van der Waals surface area contributed by atoms with E-state index in [0.717, 1.165) is 39.6 Å². The molecule has 0 aliphatic rings. The van der Waals surface area contributed by atoms with Crippen molar-refractivity contribution in [3.63, 3.8) is 0 Å². The maximum atomic E-state index is 5.09. The molecular formula is C38H31N3. The number of hydrogen-bond acceptors (Lipinski definition) is 2. The van der Waals surface area contributed by atoms with Crippen LogP contribution in [0.15, 0.2) is 133 Å². The van der Waals surface area contributed by atoms with Crippen LogP contribution in [0, 0.1) is 0 Å². The van der Waals surface area contributed by atoms with Crippen LogP contribution < -0.4 is 0 Å². The van der Waals surface area contributed by atoms with Gasteiger partial charge in [0, 0.05) is 33.2 Å². The van der Waals surface area contributed by atoms with Gasteiger partial charge in [-0.05, 0) is 53.4 Å². The number of benzene rings is 5. The van der Waals surface area contributed by atoms with E-state index in [9.17, 15) is 0 Å². The van der Waals surface area contributed by atoms with E-state index in [1.54, 1.807) is 0 Å². The molecule has 0 aliphatic carbocycles. The lowest BCUT2D eigenvalue weighted by Gasteiger charge is -2.19. The molecule has 0 amide bonds. The summed E-state index contributed by atoms with van der Waals surface area (Å²) >= 11 is 0. The third kappa shape index (κ3) is 4.60. The zero-order chi connectivity index (χ0) is 28.0. The van der Waals surface area contributed by atoms with Crippen molar-refractivity contribution >= 4 is 21.8 Å². The van der Waals surface area contributed by atoms with E-state index in [0.29, 0.717) is 0 Å². The average Bonchev–Trinajstić information content (AvgIpc) is 3.35. The lowest BCUT2D eigenvalue weighted by molar-refractivity contribution is 0.591. The van der Waals surface area contributed by atoms with Gasteiger partial charge in [0.05, 0.1) is 22.4 Å². The monoisotopic (exact) mass is 529 g/mol. The van der Waals surface area contributed by atoms with E-state index in [4.69, 9.17) is 9.97 Å². The van der Waals surface area contributed by atoms with Crippen molar-refractivity contribution in [1.82, 2.24) is 14.5 Å². The van der Waals surface area contributed by atoms with Crippen LogP contribution in [0.3, 0.4) is 0 Å². The van der Waals surface area contributed by atoms with Crippen LogP contribution >= 0.6 is 0 Å². The molecule has 7 rings (SSSR count). The van der Waals surface area contributed by atoms with Crippen LogP contribution in [0.5, 0.6) is 0 Å². The fraction of sp³-hybridized carbons (Fsp3) is 0.105. The molecule has 2 aromatic heterocycles. The molecule has 3 nitrogen and oxygen atoms in total. The molecule has 0 aliphatic heterocycles. The highest BCUT2D eigenvalue weighted by molar-refractivity contribution is 6.10. The van der Waals surface area contributed by atoms with Crippen LogP contribution in [0.1, 0.15) is 26.3 Å². The minimum absolute atomic E-state index is 0.0504. The molecule has 5 aromatic carbocycles. The maximum absolute atomic E-state index is 5.09. The molecule has 0 spiro atoms.